The maximum absolute atomic E-state index is 9.49. The highest BCUT2D eigenvalue weighted by Gasteiger charge is 2.18. The van der Waals surface area contributed by atoms with Crippen LogP contribution in [0.4, 0.5) is 0 Å². The minimum absolute atomic E-state index is 0.372. The molecule has 1 aromatic heterocycles. The van der Waals surface area contributed by atoms with Crippen LogP contribution >= 0.6 is 0 Å². The van der Waals surface area contributed by atoms with Crippen molar-refractivity contribution >= 4 is 0 Å². The van der Waals surface area contributed by atoms with Gasteiger partial charge in [-0.05, 0) is 61.1 Å². The van der Waals surface area contributed by atoms with E-state index in [1.54, 1.807) is 12.3 Å². The predicted octanol–water partition coefficient (Wildman–Crippen LogP) is 2.94. The molecular formula is C16H19NO2. The highest BCUT2D eigenvalue weighted by atomic mass is 16.3. The summed E-state index contributed by atoms with van der Waals surface area (Å²) in [6, 6.07) is 8.19. The molecule has 1 unspecified atom stereocenters. The first-order chi connectivity index (χ1) is 9.22. The number of fused-ring (bicyclic) bond motifs is 1. The molecule has 2 aromatic rings. The van der Waals surface area contributed by atoms with E-state index in [4.69, 9.17) is 4.42 Å². The topological polar surface area (TPSA) is 45.4 Å². The van der Waals surface area contributed by atoms with Crippen molar-refractivity contribution in [3.05, 3.63) is 53.0 Å². The zero-order valence-electron chi connectivity index (χ0n) is 11.1. The van der Waals surface area contributed by atoms with Gasteiger partial charge in [0, 0.05) is 6.04 Å². The van der Waals surface area contributed by atoms with Gasteiger partial charge in [-0.25, -0.2) is 0 Å². The van der Waals surface area contributed by atoms with E-state index < -0.39 is 0 Å². The standard InChI is InChI=1S/C16H19NO2/c1-11-6-7-19-16(11)10-17-14-4-2-13-9-15(18)5-3-12(13)8-14/h3,5-7,9,14,17-18H,2,4,8,10H2,1H3. The summed E-state index contributed by atoms with van der Waals surface area (Å²) in [6.45, 7) is 2.86. The highest BCUT2D eigenvalue weighted by Crippen LogP contribution is 2.25. The zero-order valence-corrected chi connectivity index (χ0v) is 11.1. The number of furan rings is 1. The molecule has 0 aliphatic heterocycles. The van der Waals surface area contributed by atoms with Crippen molar-refractivity contribution in [1.82, 2.24) is 5.32 Å². The summed E-state index contributed by atoms with van der Waals surface area (Å²) in [5.41, 5.74) is 3.83. The van der Waals surface area contributed by atoms with Crippen LogP contribution in [0.3, 0.4) is 0 Å². The second kappa shape index (κ2) is 5.10. The second-order valence-electron chi connectivity index (χ2n) is 5.30. The number of hydrogen-bond acceptors (Lipinski definition) is 3. The van der Waals surface area contributed by atoms with Crippen LogP contribution in [0.25, 0.3) is 0 Å². The summed E-state index contributed by atoms with van der Waals surface area (Å²) in [6.07, 6.45) is 4.90. The van der Waals surface area contributed by atoms with Gasteiger partial charge in [0.2, 0.25) is 0 Å². The maximum Gasteiger partial charge on any atom is 0.120 e. The van der Waals surface area contributed by atoms with E-state index in [2.05, 4.69) is 12.2 Å². The Morgan fingerprint density at radius 1 is 1.32 bits per heavy atom. The number of hydrogen-bond donors (Lipinski definition) is 2. The molecule has 0 fully saturated rings. The van der Waals surface area contributed by atoms with Crippen LogP contribution in [0, 0.1) is 6.92 Å². The molecule has 0 saturated carbocycles. The molecule has 0 spiro atoms. The van der Waals surface area contributed by atoms with Gasteiger partial charge in [0.25, 0.3) is 0 Å². The first kappa shape index (κ1) is 12.3. The van der Waals surface area contributed by atoms with Gasteiger partial charge in [-0.3, -0.25) is 0 Å². The van der Waals surface area contributed by atoms with Crippen molar-refractivity contribution in [2.24, 2.45) is 0 Å². The molecule has 3 heteroatoms. The minimum atomic E-state index is 0.372. The van der Waals surface area contributed by atoms with Gasteiger partial charge in [-0.1, -0.05) is 6.07 Å². The van der Waals surface area contributed by atoms with Crippen molar-refractivity contribution in [3.8, 4) is 5.75 Å². The second-order valence-corrected chi connectivity index (χ2v) is 5.30. The summed E-state index contributed by atoms with van der Waals surface area (Å²) < 4.78 is 5.44. The van der Waals surface area contributed by atoms with E-state index in [0.717, 1.165) is 31.6 Å². The lowest BCUT2D eigenvalue weighted by Gasteiger charge is -2.25. The largest absolute Gasteiger partial charge is 0.508 e. The Hall–Kier alpha value is -1.74. The number of aryl methyl sites for hydroxylation is 2. The molecule has 0 radical (unpaired) electrons. The van der Waals surface area contributed by atoms with E-state index in [0.29, 0.717) is 11.8 Å². The van der Waals surface area contributed by atoms with Crippen molar-refractivity contribution in [2.45, 2.75) is 38.8 Å². The summed E-state index contributed by atoms with van der Waals surface area (Å²) in [5, 5.41) is 13.0. The van der Waals surface area contributed by atoms with Crippen LogP contribution in [0.5, 0.6) is 5.75 Å². The maximum atomic E-state index is 9.49. The molecule has 3 nitrogen and oxygen atoms in total. The lowest BCUT2D eigenvalue weighted by atomic mass is 9.88. The first-order valence-electron chi connectivity index (χ1n) is 6.79. The Balaban J connectivity index is 1.63. The number of phenols is 1. The van der Waals surface area contributed by atoms with E-state index in [1.165, 1.54) is 16.7 Å². The summed E-state index contributed by atoms with van der Waals surface area (Å²) >= 11 is 0. The zero-order chi connectivity index (χ0) is 13.2. The van der Waals surface area contributed by atoms with Crippen molar-refractivity contribution in [2.75, 3.05) is 0 Å². The predicted molar refractivity (Wildman–Crippen MR) is 74.2 cm³/mol. The number of benzene rings is 1. The number of nitrogens with one attached hydrogen (secondary N) is 1. The number of rotatable bonds is 3. The van der Waals surface area contributed by atoms with Gasteiger partial charge in [0.1, 0.15) is 11.5 Å². The minimum Gasteiger partial charge on any atom is -0.508 e. The molecule has 1 aliphatic rings. The Kier molecular flexibility index (Phi) is 3.30. The van der Waals surface area contributed by atoms with Gasteiger partial charge in [-0.15, -0.1) is 0 Å². The van der Waals surface area contributed by atoms with Crippen LogP contribution in [0.2, 0.25) is 0 Å². The average molecular weight is 257 g/mol. The van der Waals surface area contributed by atoms with Gasteiger partial charge in [-0.2, -0.15) is 0 Å². The van der Waals surface area contributed by atoms with Crippen LogP contribution < -0.4 is 5.32 Å². The van der Waals surface area contributed by atoms with Gasteiger partial charge in [0.05, 0.1) is 12.8 Å². The summed E-state index contributed by atoms with van der Waals surface area (Å²) in [7, 11) is 0. The quantitative estimate of drug-likeness (QED) is 0.888. The Morgan fingerprint density at radius 2 is 2.21 bits per heavy atom. The Labute approximate surface area is 113 Å². The molecule has 0 amide bonds. The fraction of sp³-hybridized carbons (Fsp3) is 0.375. The molecule has 19 heavy (non-hydrogen) atoms. The monoisotopic (exact) mass is 257 g/mol. The normalized spacial score (nSPS) is 18.3. The van der Waals surface area contributed by atoms with E-state index >= 15 is 0 Å². The Morgan fingerprint density at radius 3 is 3.00 bits per heavy atom. The molecule has 0 bridgehead atoms. The fourth-order valence-corrected chi connectivity index (χ4v) is 2.74. The van der Waals surface area contributed by atoms with Crippen LogP contribution in [0.15, 0.2) is 34.9 Å². The smallest absolute Gasteiger partial charge is 0.120 e. The van der Waals surface area contributed by atoms with Crippen LogP contribution in [0.1, 0.15) is 28.9 Å². The van der Waals surface area contributed by atoms with Crippen molar-refractivity contribution in [3.63, 3.8) is 0 Å². The van der Waals surface area contributed by atoms with Crippen LogP contribution in [-0.4, -0.2) is 11.1 Å². The van der Waals surface area contributed by atoms with Crippen molar-refractivity contribution < 1.29 is 9.52 Å². The first-order valence-corrected chi connectivity index (χ1v) is 6.79. The SMILES string of the molecule is Cc1ccoc1CNC1CCc2cc(O)ccc2C1. The molecule has 2 N–H and O–H groups in total. The van der Waals surface area contributed by atoms with Gasteiger partial charge >= 0.3 is 0 Å². The molecule has 3 rings (SSSR count). The molecule has 1 atom stereocenters. The summed E-state index contributed by atoms with van der Waals surface area (Å²) in [4.78, 5) is 0. The third-order valence-corrected chi connectivity index (χ3v) is 3.94. The molecule has 0 saturated heterocycles. The average Bonchev–Trinajstić information content (AvgIpc) is 2.82. The lowest BCUT2D eigenvalue weighted by molar-refractivity contribution is 0.413. The molecule has 1 heterocycles. The number of phenolic OH excluding ortho intramolecular Hbond substituents is 1. The molecule has 1 aliphatic carbocycles. The molecule has 100 valence electrons. The molecule has 1 aromatic carbocycles. The summed E-state index contributed by atoms with van der Waals surface area (Å²) in [5.74, 6) is 1.40. The van der Waals surface area contributed by atoms with E-state index in [9.17, 15) is 5.11 Å². The fourth-order valence-electron chi connectivity index (χ4n) is 2.74. The van der Waals surface area contributed by atoms with Gasteiger partial charge < -0.3 is 14.8 Å². The van der Waals surface area contributed by atoms with Gasteiger partial charge in [0.15, 0.2) is 0 Å². The van der Waals surface area contributed by atoms with E-state index in [-0.39, 0.29) is 0 Å². The highest BCUT2D eigenvalue weighted by molar-refractivity contribution is 5.37. The Bertz CT molecular complexity index is 574. The number of aromatic hydroxyl groups is 1. The third-order valence-electron chi connectivity index (χ3n) is 3.94. The molecular weight excluding hydrogens is 238 g/mol. The van der Waals surface area contributed by atoms with E-state index in [1.807, 2.05) is 18.2 Å². The lowest BCUT2D eigenvalue weighted by Crippen LogP contribution is -2.34. The van der Waals surface area contributed by atoms with Crippen molar-refractivity contribution in [1.29, 1.82) is 0 Å². The van der Waals surface area contributed by atoms with Crippen LogP contribution in [-0.2, 0) is 19.4 Å². The third kappa shape index (κ3) is 2.66.